The van der Waals surface area contributed by atoms with Crippen LogP contribution in [0.25, 0.3) is 0 Å². The molecule has 1 aliphatic heterocycles. The molecule has 1 radical (unpaired) electrons. The van der Waals surface area contributed by atoms with Crippen LogP contribution >= 0.6 is 0 Å². The van der Waals surface area contributed by atoms with Crippen molar-refractivity contribution in [2.24, 2.45) is 0 Å². The average molecular weight is 183 g/mol. The van der Waals surface area contributed by atoms with E-state index < -0.39 is 19.7 Å². The number of hydrogen-bond acceptors (Lipinski definition) is 4. The summed E-state index contributed by atoms with van der Waals surface area (Å²) in [5, 5.41) is 0. The first-order valence-electron chi connectivity index (χ1n) is 2.65. The highest BCUT2D eigenvalue weighted by molar-refractivity contribution is 8.15. The predicted molar refractivity (Wildman–Crippen MR) is 36.5 cm³/mol. The molecule has 0 bridgehead atoms. The van der Waals surface area contributed by atoms with Gasteiger partial charge >= 0.3 is 0 Å². The van der Waals surface area contributed by atoms with Gasteiger partial charge in [0.25, 0.3) is 0 Å². The highest BCUT2D eigenvalue weighted by atomic mass is 32.3. The Morgan fingerprint density at radius 1 is 1.00 bits per heavy atom. The van der Waals surface area contributed by atoms with E-state index in [2.05, 4.69) is 0 Å². The summed E-state index contributed by atoms with van der Waals surface area (Å²) in [4.78, 5) is 0. The molecule has 0 N–H and O–H groups in total. The van der Waals surface area contributed by atoms with E-state index in [1.54, 1.807) is 0 Å². The van der Waals surface area contributed by atoms with Crippen molar-refractivity contribution < 1.29 is 16.8 Å². The van der Waals surface area contributed by atoms with Crippen LogP contribution in [0, 0.1) is 4.58 Å². The van der Waals surface area contributed by atoms with Crippen molar-refractivity contribution in [2.75, 3.05) is 11.5 Å². The Morgan fingerprint density at radius 2 is 1.30 bits per heavy atom. The molecule has 10 heavy (non-hydrogen) atoms. The monoisotopic (exact) mass is 183 g/mol. The van der Waals surface area contributed by atoms with Crippen molar-refractivity contribution in [3.8, 4) is 0 Å². The highest BCUT2D eigenvalue weighted by Crippen LogP contribution is 2.26. The quantitative estimate of drug-likeness (QED) is 0.500. The van der Waals surface area contributed by atoms with Crippen molar-refractivity contribution in [1.82, 2.24) is 0 Å². The van der Waals surface area contributed by atoms with Crippen molar-refractivity contribution >= 4 is 19.7 Å². The standard InChI is InChI=1S/C4H7O4S2/c1-4-9(5,6)2-3-10(4,7)8/h2-3H2,1H3. The lowest BCUT2D eigenvalue weighted by atomic mass is 11.0. The molecule has 1 fully saturated rings. The van der Waals surface area contributed by atoms with Crippen LogP contribution in [-0.2, 0) is 19.7 Å². The molecule has 0 saturated carbocycles. The molecule has 1 heterocycles. The largest absolute Gasteiger partial charge is 0.227 e. The van der Waals surface area contributed by atoms with Gasteiger partial charge in [0.15, 0.2) is 19.7 Å². The van der Waals surface area contributed by atoms with Gasteiger partial charge in [-0.1, -0.05) is 0 Å². The maximum absolute atomic E-state index is 10.8. The Kier molecular flexibility index (Phi) is 1.56. The van der Waals surface area contributed by atoms with Gasteiger partial charge in [-0.3, -0.25) is 0 Å². The van der Waals surface area contributed by atoms with Crippen LogP contribution in [0.3, 0.4) is 0 Å². The van der Waals surface area contributed by atoms with Gasteiger partial charge in [-0.05, 0) is 6.92 Å². The summed E-state index contributed by atoms with van der Waals surface area (Å²) in [7, 11) is -6.81. The average Bonchev–Trinajstić information content (AvgIpc) is 1.95. The summed E-state index contributed by atoms with van der Waals surface area (Å²) in [6.45, 7) is 1.14. The highest BCUT2D eigenvalue weighted by Gasteiger charge is 2.41. The molecule has 0 unspecified atom stereocenters. The first-order valence-corrected chi connectivity index (χ1v) is 5.96. The van der Waals surface area contributed by atoms with Crippen LogP contribution in [0.4, 0.5) is 0 Å². The summed E-state index contributed by atoms with van der Waals surface area (Å²) < 4.78 is 42.7. The lowest BCUT2D eigenvalue weighted by Gasteiger charge is -1.95. The lowest BCUT2D eigenvalue weighted by molar-refractivity contribution is 0.599. The molecule has 59 valence electrons. The van der Waals surface area contributed by atoms with Gasteiger partial charge in [0, 0.05) is 0 Å². The van der Waals surface area contributed by atoms with Gasteiger partial charge < -0.3 is 0 Å². The van der Waals surface area contributed by atoms with Crippen molar-refractivity contribution in [3.63, 3.8) is 0 Å². The molecule has 0 aliphatic carbocycles. The predicted octanol–water partition coefficient (Wildman–Crippen LogP) is -0.661. The summed E-state index contributed by atoms with van der Waals surface area (Å²) in [5.74, 6) is -0.498. The normalized spacial score (nSPS) is 30.5. The van der Waals surface area contributed by atoms with E-state index in [9.17, 15) is 16.8 Å². The maximum Gasteiger partial charge on any atom is 0.203 e. The van der Waals surface area contributed by atoms with Gasteiger partial charge in [0.1, 0.15) is 0 Å². The van der Waals surface area contributed by atoms with Crippen molar-refractivity contribution in [3.05, 3.63) is 4.58 Å². The molecule has 6 heteroatoms. The number of rotatable bonds is 0. The number of hydrogen-bond donors (Lipinski definition) is 0. The van der Waals surface area contributed by atoms with E-state index in [4.69, 9.17) is 0 Å². The Bertz CT molecular complexity index is 288. The molecule has 1 rings (SSSR count). The minimum atomic E-state index is -3.40. The van der Waals surface area contributed by atoms with Crippen LogP contribution in [0.2, 0.25) is 0 Å². The molecule has 1 aliphatic rings. The third-order valence-corrected chi connectivity index (χ3v) is 6.51. The fourth-order valence-corrected chi connectivity index (χ4v) is 5.08. The van der Waals surface area contributed by atoms with Gasteiger partial charge in [0.05, 0.1) is 11.5 Å². The Morgan fingerprint density at radius 3 is 1.40 bits per heavy atom. The second kappa shape index (κ2) is 1.94. The van der Waals surface area contributed by atoms with E-state index in [0.29, 0.717) is 0 Å². The first kappa shape index (κ1) is 8.00. The second-order valence-electron chi connectivity index (χ2n) is 2.13. The summed E-state index contributed by atoms with van der Waals surface area (Å²) in [6.07, 6.45) is 0. The van der Waals surface area contributed by atoms with Crippen molar-refractivity contribution in [2.45, 2.75) is 6.92 Å². The van der Waals surface area contributed by atoms with Crippen LogP contribution in [-0.4, -0.2) is 28.3 Å². The zero-order valence-corrected chi connectivity index (χ0v) is 7.00. The lowest BCUT2D eigenvalue weighted by Crippen LogP contribution is -2.08. The minimum Gasteiger partial charge on any atom is -0.227 e. The fourth-order valence-electron chi connectivity index (χ4n) is 0.700. The van der Waals surface area contributed by atoms with Crippen LogP contribution in [0.1, 0.15) is 6.92 Å². The van der Waals surface area contributed by atoms with E-state index >= 15 is 0 Å². The molecule has 0 aromatic heterocycles. The van der Waals surface area contributed by atoms with Gasteiger partial charge in [0.2, 0.25) is 4.58 Å². The third kappa shape index (κ3) is 1.05. The van der Waals surface area contributed by atoms with Crippen LogP contribution < -0.4 is 0 Å². The molecule has 0 spiro atoms. The molecule has 4 nitrogen and oxygen atoms in total. The summed E-state index contributed by atoms with van der Waals surface area (Å²) in [6, 6.07) is 0. The second-order valence-corrected chi connectivity index (χ2v) is 6.89. The van der Waals surface area contributed by atoms with Gasteiger partial charge in [-0.25, -0.2) is 16.8 Å². The molecule has 1 saturated heterocycles. The summed E-state index contributed by atoms with van der Waals surface area (Å²) in [5.41, 5.74) is 0. The fraction of sp³-hybridized carbons (Fsp3) is 0.750. The first-order chi connectivity index (χ1) is 4.36. The maximum atomic E-state index is 10.8. The van der Waals surface area contributed by atoms with E-state index in [1.165, 1.54) is 0 Å². The molecular weight excluding hydrogens is 176 g/mol. The van der Waals surface area contributed by atoms with Crippen molar-refractivity contribution in [1.29, 1.82) is 0 Å². The Labute approximate surface area is 60.1 Å². The zero-order chi connectivity index (χ0) is 7.99. The Hall–Kier alpha value is -0.100. The SMILES string of the molecule is C[C]1S(=O)(=O)CCS1(=O)=O. The molecule has 0 aromatic carbocycles. The third-order valence-electron chi connectivity index (χ3n) is 1.50. The minimum absolute atomic E-state index is 0.249. The molecule has 0 aromatic rings. The molecular formula is C4H7O4S2. The summed E-state index contributed by atoms with van der Waals surface area (Å²) >= 11 is 0. The molecule has 0 amide bonds. The topological polar surface area (TPSA) is 68.3 Å². The van der Waals surface area contributed by atoms with E-state index in [0.717, 1.165) is 6.92 Å². The molecule has 0 atom stereocenters. The van der Waals surface area contributed by atoms with Gasteiger partial charge in [-0.15, -0.1) is 0 Å². The number of sulfone groups is 2. The van der Waals surface area contributed by atoms with E-state index in [1.807, 2.05) is 0 Å². The van der Waals surface area contributed by atoms with Gasteiger partial charge in [-0.2, -0.15) is 0 Å². The van der Waals surface area contributed by atoms with E-state index in [-0.39, 0.29) is 16.1 Å². The smallest absolute Gasteiger partial charge is 0.203 e. The zero-order valence-electron chi connectivity index (χ0n) is 5.36. The Balaban J connectivity index is 3.25. The van der Waals surface area contributed by atoms with Crippen LogP contribution in [0.5, 0.6) is 0 Å². The van der Waals surface area contributed by atoms with Crippen LogP contribution in [0.15, 0.2) is 0 Å².